The Kier molecular flexibility index (Phi) is 6.55. The van der Waals surface area contributed by atoms with Crippen molar-refractivity contribution < 1.29 is 4.79 Å². The molecule has 0 atom stereocenters. The number of anilines is 3. The van der Waals surface area contributed by atoms with E-state index in [2.05, 4.69) is 41.3 Å². The van der Waals surface area contributed by atoms with Gasteiger partial charge in [0.1, 0.15) is 0 Å². The number of nitrogens with zero attached hydrogens (tertiary/aromatic N) is 1. The molecule has 0 spiro atoms. The smallest absolute Gasteiger partial charge is 0.180 e. The summed E-state index contributed by atoms with van der Waals surface area (Å²) in [7, 11) is 0. The van der Waals surface area contributed by atoms with Crippen LogP contribution in [0.25, 0.3) is 6.08 Å². The molecule has 1 aliphatic rings. The Morgan fingerprint density at radius 3 is 1.79 bits per heavy atom. The molecule has 144 valence electrons. The van der Waals surface area contributed by atoms with Crippen LogP contribution in [0.3, 0.4) is 0 Å². The molecular formula is C25H21NOS2. The summed E-state index contributed by atoms with van der Waals surface area (Å²) in [5.41, 5.74) is 4.30. The highest BCUT2D eigenvalue weighted by molar-refractivity contribution is 8.25. The molecule has 1 heterocycles. The SMILES string of the molecule is O=C(C=C1SCCS1)/C=C/c1ccc(N(c2ccccc2)c2ccccc2)cc1. The summed E-state index contributed by atoms with van der Waals surface area (Å²) in [6.07, 6.45) is 5.26. The molecule has 3 aromatic carbocycles. The van der Waals surface area contributed by atoms with Gasteiger partial charge in [-0.1, -0.05) is 54.6 Å². The van der Waals surface area contributed by atoms with Crippen LogP contribution in [0.1, 0.15) is 5.56 Å². The standard InChI is InChI=1S/C25H21NOS2/c27-24(19-25-28-17-18-29-25)16-13-20-11-14-23(15-12-20)26(21-7-3-1-4-8-21)22-9-5-2-6-10-22/h1-16,19H,17-18H2/b16-13+. The predicted molar refractivity (Wildman–Crippen MR) is 128 cm³/mol. The van der Waals surface area contributed by atoms with Crippen molar-refractivity contribution in [1.29, 1.82) is 0 Å². The molecule has 0 aromatic heterocycles. The Bertz CT molecular complexity index is 964. The third kappa shape index (κ3) is 5.22. The highest BCUT2D eigenvalue weighted by atomic mass is 32.2. The highest BCUT2D eigenvalue weighted by Gasteiger charge is 2.11. The fraction of sp³-hybridized carbons (Fsp3) is 0.0800. The van der Waals surface area contributed by atoms with E-state index in [1.807, 2.05) is 54.6 Å². The second-order valence-corrected chi connectivity index (χ2v) is 9.03. The summed E-state index contributed by atoms with van der Waals surface area (Å²) in [5.74, 6) is 2.23. The number of thioether (sulfide) groups is 2. The van der Waals surface area contributed by atoms with E-state index in [0.29, 0.717) is 0 Å². The summed E-state index contributed by atoms with van der Waals surface area (Å²) in [6.45, 7) is 0. The molecular weight excluding hydrogens is 394 g/mol. The van der Waals surface area contributed by atoms with E-state index in [9.17, 15) is 4.79 Å². The Morgan fingerprint density at radius 2 is 1.24 bits per heavy atom. The molecule has 0 unspecified atom stereocenters. The van der Waals surface area contributed by atoms with Gasteiger partial charge in [-0.2, -0.15) is 0 Å². The molecule has 4 heteroatoms. The first-order chi connectivity index (χ1) is 14.3. The number of rotatable bonds is 6. The zero-order valence-electron chi connectivity index (χ0n) is 15.9. The van der Waals surface area contributed by atoms with Crippen LogP contribution in [0, 0.1) is 0 Å². The number of carbonyl (C=O) groups is 1. The van der Waals surface area contributed by atoms with Crippen LogP contribution in [-0.2, 0) is 4.79 Å². The van der Waals surface area contributed by atoms with Crippen molar-refractivity contribution in [3.05, 3.63) is 107 Å². The van der Waals surface area contributed by atoms with Crippen molar-refractivity contribution in [3.8, 4) is 0 Å². The molecule has 4 rings (SSSR count). The topological polar surface area (TPSA) is 20.3 Å². The fourth-order valence-electron chi connectivity index (χ4n) is 3.09. The second-order valence-electron chi connectivity index (χ2n) is 6.49. The van der Waals surface area contributed by atoms with E-state index >= 15 is 0 Å². The van der Waals surface area contributed by atoms with Crippen LogP contribution in [0.5, 0.6) is 0 Å². The van der Waals surface area contributed by atoms with Crippen molar-refractivity contribution in [2.75, 3.05) is 16.4 Å². The predicted octanol–water partition coefficient (Wildman–Crippen LogP) is 7.06. The molecule has 0 N–H and O–H groups in total. The maximum Gasteiger partial charge on any atom is 0.180 e. The van der Waals surface area contributed by atoms with Crippen molar-refractivity contribution in [2.24, 2.45) is 0 Å². The summed E-state index contributed by atoms with van der Waals surface area (Å²) in [4.78, 5) is 14.3. The lowest BCUT2D eigenvalue weighted by Crippen LogP contribution is -2.09. The highest BCUT2D eigenvalue weighted by Crippen LogP contribution is 2.36. The molecule has 1 saturated heterocycles. The molecule has 3 aromatic rings. The minimum absolute atomic E-state index is 0.0428. The van der Waals surface area contributed by atoms with Gasteiger partial charge in [0.2, 0.25) is 0 Å². The summed E-state index contributed by atoms with van der Waals surface area (Å²) >= 11 is 3.51. The van der Waals surface area contributed by atoms with Gasteiger partial charge in [0.05, 0.1) is 0 Å². The third-order valence-corrected chi connectivity index (χ3v) is 7.04. The van der Waals surface area contributed by atoms with Crippen molar-refractivity contribution >= 4 is 52.4 Å². The van der Waals surface area contributed by atoms with Crippen molar-refractivity contribution in [2.45, 2.75) is 0 Å². The molecule has 0 radical (unpaired) electrons. The first-order valence-corrected chi connectivity index (χ1v) is 11.5. The lowest BCUT2D eigenvalue weighted by Gasteiger charge is -2.25. The maximum absolute atomic E-state index is 12.1. The van der Waals surface area contributed by atoms with Crippen LogP contribution >= 0.6 is 23.5 Å². The maximum atomic E-state index is 12.1. The number of carbonyl (C=O) groups excluding carboxylic acids is 1. The van der Waals surface area contributed by atoms with Crippen molar-refractivity contribution in [3.63, 3.8) is 0 Å². The van der Waals surface area contributed by atoms with Gasteiger partial charge < -0.3 is 4.90 Å². The molecule has 1 fully saturated rings. The largest absolute Gasteiger partial charge is 0.311 e. The van der Waals surface area contributed by atoms with E-state index in [4.69, 9.17) is 0 Å². The molecule has 0 amide bonds. The van der Waals surface area contributed by atoms with Gasteiger partial charge in [-0.15, -0.1) is 23.5 Å². The van der Waals surface area contributed by atoms with Crippen LogP contribution in [0.2, 0.25) is 0 Å². The average Bonchev–Trinajstić information content (AvgIpc) is 3.28. The lowest BCUT2D eigenvalue weighted by atomic mass is 10.1. The van der Waals surface area contributed by atoms with Gasteiger partial charge in [0.15, 0.2) is 5.78 Å². The molecule has 1 aliphatic heterocycles. The van der Waals surface area contributed by atoms with Crippen LogP contribution in [0.4, 0.5) is 17.1 Å². The number of allylic oxidation sites excluding steroid dienone is 2. The minimum Gasteiger partial charge on any atom is -0.311 e. The second kappa shape index (κ2) is 9.68. The fourth-order valence-corrected chi connectivity index (χ4v) is 5.39. The Labute approximate surface area is 180 Å². The molecule has 0 bridgehead atoms. The van der Waals surface area contributed by atoms with Gasteiger partial charge in [-0.05, 0) is 48.0 Å². The summed E-state index contributed by atoms with van der Waals surface area (Å²) in [5, 5.41) is 0. The number of para-hydroxylation sites is 2. The molecule has 2 nitrogen and oxygen atoms in total. The first-order valence-electron chi connectivity index (χ1n) is 9.49. The third-order valence-electron chi connectivity index (χ3n) is 4.45. The summed E-state index contributed by atoms with van der Waals surface area (Å²) in [6, 6.07) is 28.9. The van der Waals surface area contributed by atoms with Gasteiger partial charge in [-0.25, -0.2) is 0 Å². The molecule has 0 saturated carbocycles. The van der Waals surface area contributed by atoms with Crippen LogP contribution in [0.15, 0.2) is 101 Å². The lowest BCUT2D eigenvalue weighted by molar-refractivity contribution is -0.110. The van der Waals surface area contributed by atoms with E-state index in [0.717, 1.165) is 38.4 Å². The average molecular weight is 416 g/mol. The molecule has 0 aliphatic carbocycles. The normalized spacial score (nSPS) is 13.6. The van der Waals surface area contributed by atoms with E-state index in [1.54, 1.807) is 35.7 Å². The van der Waals surface area contributed by atoms with Crippen molar-refractivity contribution in [1.82, 2.24) is 0 Å². The van der Waals surface area contributed by atoms with E-state index < -0.39 is 0 Å². The van der Waals surface area contributed by atoms with Gasteiger partial charge in [-0.3, -0.25) is 4.79 Å². The van der Waals surface area contributed by atoms with E-state index in [-0.39, 0.29) is 5.78 Å². The first kappa shape index (κ1) is 19.6. The summed E-state index contributed by atoms with van der Waals surface area (Å²) < 4.78 is 1.12. The van der Waals surface area contributed by atoms with Gasteiger partial charge in [0.25, 0.3) is 0 Å². The Hall–Kier alpha value is -2.69. The van der Waals surface area contributed by atoms with Crippen LogP contribution < -0.4 is 4.90 Å². The number of ketones is 1. The van der Waals surface area contributed by atoms with Gasteiger partial charge in [0, 0.05) is 38.9 Å². The molecule has 29 heavy (non-hydrogen) atoms. The number of hydrogen-bond donors (Lipinski definition) is 0. The Morgan fingerprint density at radius 1 is 0.724 bits per heavy atom. The zero-order valence-corrected chi connectivity index (χ0v) is 17.5. The monoisotopic (exact) mass is 415 g/mol. The Balaban J connectivity index is 1.55. The number of hydrogen-bond acceptors (Lipinski definition) is 4. The zero-order chi connectivity index (χ0) is 19.9. The van der Waals surface area contributed by atoms with Gasteiger partial charge >= 0.3 is 0 Å². The van der Waals surface area contributed by atoms with E-state index in [1.165, 1.54) is 0 Å². The number of benzene rings is 3. The van der Waals surface area contributed by atoms with Crippen LogP contribution in [-0.4, -0.2) is 17.3 Å². The quantitative estimate of drug-likeness (QED) is 0.401. The minimum atomic E-state index is 0.0428.